The molecule has 1 fully saturated rings. The van der Waals surface area contributed by atoms with Gasteiger partial charge in [-0.1, -0.05) is 12.1 Å². The van der Waals surface area contributed by atoms with Crippen LogP contribution in [-0.4, -0.2) is 69.6 Å². The Morgan fingerprint density at radius 1 is 1.32 bits per heavy atom. The van der Waals surface area contributed by atoms with Crippen molar-refractivity contribution in [2.75, 3.05) is 46.4 Å². The lowest BCUT2D eigenvalue weighted by molar-refractivity contribution is -0.143. The van der Waals surface area contributed by atoms with Crippen molar-refractivity contribution in [2.45, 2.75) is 45.5 Å². The van der Waals surface area contributed by atoms with E-state index in [1.807, 2.05) is 32.0 Å². The fraction of sp³-hybridized carbons (Fsp3) is 0.667. The van der Waals surface area contributed by atoms with E-state index in [0.29, 0.717) is 45.2 Å². The summed E-state index contributed by atoms with van der Waals surface area (Å²) in [5.41, 5.74) is 2.10. The maximum absolute atomic E-state index is 12.4. The Bertz CT molecular complexity index is 683. The zero-order valence-electron chi connectivity index (χ0n) is 18.4. The fourth-order valence-electron chi connectivity index (χ4n) is 3.13. The number of ether oxygens (including phenoxy) is 2. The Balaban J connectivity index is 0.00000480. The van der Waals surface area contributed by atoms with Crippen molar-refractivity contribution in [1.82, 2.24) is 15.5 Å². The van der Waals surface area contributed by atoms with Crippen molar-refractivity contribution in [3.8, 4) is 5.75 Å². The minimum Gasteiger partial charge on any atom is -0.488 e. The maximum atomic E-state index is 12.4. The second-order valence-electron chi connectivity index (χ2n) is 7.54. The molecular weight excluding hydrogens is 524 g/mol. The Morgan fingerprint density at radius 2 is 2.10 bits per heavy atom. The number of guanidine groups is 1. The molecule has 10 heteroatoms. The molecule has 0 aliphatic carbocycles. The average Bonchev–Trinajstić information content (AvgIpc) is 3.16. The van der Waals surface area contributed by atoms with E-state index in [9.17, 15) is 13.2 Å². The number of aliphatic imine (C=N–C) groups is 1. The molecule has 1 atom stereocenters. The summed E-state index contributed by atoms with van der Waals surface area (Å²) in [7, 11) is 1.47. The van der Waals surface area contributed by atoms with Crippen LogP contribution in [0.3, 0.4) is 0 Å². The fourth-order valence-corrected chi connectivity index (χ4v) is 3.13. The number of halogens is 4. The molecule has 1 aliphatic rings. The first-order valence-corrected chi connectivity index (χ1v) is 10.4. The Labute approximate surface area is 200 Å². The third kappa shape index (κ3) is 11.2. The number of hydrogen-bond acceptors (Lipinski definition) is 4. The monoisotopic (exact) mass is 558 g/mol. The van der Waals surface area contributed by atoms with Gasteiger partial charge in [0, 0.05) is 25.1 Å². The molecule has 0 amide bonds. The highest BCUT2D eigenvalue weighted by Gasteiger charge is 2.28. The SMILES string of the molecule is CCNC(=NCc1ccc(C)cc1OC1CCOC1)NCCCN(C)CC(F)(F)F.I. The van der Waals surface area contributed by atoms with Crippen LogP contribution in [0.5, 0.6) is 5.75 Å². The molecule has 0 saturated carbocycles. The second-order valence-corrected chi connectivity index (χ2v) is 7.54. The highest BCUT2D eigenvalue weighted by Crippen LogP contribution is 2.24. The summed E-state index contributed by atoms with van der Waals surface area (Å²) in [6.45, 7) is 6.42. The summed E-state index contributed by atoms with van der Waals surface area (Å²) in [6, 6.07) is 6.05. The van der Waals surface area contributed by atoms with Crippen molar-refractivity contribution in [1.29, 1.82) is 0 Å². The molecule has 1 unspecified atom stereocenters. The van der Waals surface area contributed by atoms with Crippen LogP contribution in [0, 0.1) is 6.92 Å². The predicted octanol–water partition coefficient (Wildman–Crippen LogP) is 3.72. The molecule has 0 bridgehead atoms. The molecule has 1 heterocycles. The van der Waals surface area contributed by atoms with Gasteiger partial charge in [-0.25, -0.2) is 4.99 Å². The van der Waals surface area contributed by atoms with Gasteiger partial charge in [-0.3, -0.25) is 4.90 Å². The Kier molecular flexibility index (Phi) is 12.5. The average molecular weight is 558 g/mol. The van der Waals surface area contributed by atoms with Crippen LogP contribution in [0.15, 0.2) is 23.2 Å². The maximum Gasteiger partial charge on any atom is 0.401 e. The molecule has 1 aliphatic heterocycles. The summed E-state index contributed by atoms with van der Waals surface area (Å²) in [4.78, 5) is 5.89. The van der Waals surface area contributed by atoms with E-state index in [1.165, 1.54) is 11.9 Å². The normalized spacial score (nSPS) is 16.9. The molecule has 0 radical (unpaired) electrons. The van der Waals surface area contributed by atoms with Gasteiger partial charge in [0.15, 0.2) is 5.96 Å². The van der Waals surface area contributed by atoms with Crippen LogP contribution >= 0.6 is 24.0 Å². The number of alkyl halides is 3. The molecular formula is C21H34F3IN4O2. The first-order chi connectivity index (χ1) is 14.3. The largest absolute Gasteiger partial charge is 0.488 e. The van der Waals surface area contributed by atoms with Gasteiger partial charge >= 0.3 is 6.18 Å². The lowest BCUT2D eigenvalue weighted by Crippen LogP contribution is -2.39. The van der Waals surface area contributed by atoms with Crippen molar-refractivity contribution < 1.29 is 22.6 Å². The van der Waals surface area contributed by atoms with Crippen molar-refractivity contribution in [2.24, 2.45) is 4.99 Å². The van der Waals surface area contributed by atoms with Crippen LogP contribution in [0.2, 0.25) is 0 Å². The quantitative estimate of drug-likeness (QED) is 0.199. The van der Waals surface area contributed by atoms with E-state index in [1.54, 1.807) is 0 Å². The van der Waals surface area contributed by atoms with E-state index in [0.717, 1.165) is 29.9 Å². The number of aryl methyl sites for hydroxylation is 1. The van der Waals surface area contributed by atoms with Gasteiger partial charge < -0.3 is 20.1 Å². The molecule has 178 valence electrons. The lowest BCUT2D eigenvalue weighted by Gasteiger charge is -2.19. The zero-order valence-corrected chi connectivity index (χ0v) is 20.8. The van der Waals surface area contributed by atoms with E-state index >= 15 is 0 Å². The molecule has 6 nitrogen and oxygen atoms in total. The van der Waals surface area contributed by atoms with Gasteiger partial charge in [0.2, 0.25) is 0 Å². The number of hydrogen-bond donors (Lipinski definition) is 2. The summed E-state index contributed by atoms with van der Waals surface area (Å²) in [5, 5.41) is 6.35. The third-order valence-corrected chi connectivity index (χ3v) is 4.61. The van der Waals surface area contributed by atoms with Crippen molar-refractivity contribution in [3.05, 3.63) is 29.3 Å². The predicted molar refractivity (Wildman–Crippen MR) is 127 cm³/mol. The van der Waals surface area contributed by atoms with Crippen LogP contribution in [-0.2, 0) is 11.3 Å². The molecule has 0 spiro atoms. The number of nitrogens with one attached hydrogen (secondary N) is 2. The minimum atomic E-state index is -4.17. The Hall–Kier alpha value is -1.27. The molecule has 1 aromatic rings. The highest BCUT2D eigenvalue weighted by molar-refractivity contribution is 14.0. The van der Waals surface area contributed by atoms with Crippen molar-refractivity contribution in [3.63, 3.8) is 0 Å². The van der Waals surface area contributed by atoms with Gasteiger partial charge in [0.1, 0.15) is 11.9 Å². The number of benzene rings is 1. The molecule has 31 heavy (non-hydrogen) atoms. The van der Waals surface area contributed by atoms with E-state index in [-0.39, 0.29) is 30.1 Å². The van der Waals surface area contributed by atoms with E-state index in [2.05, 4.69) is 15.6 Å². The molecule has 2 N–H and O–H groups in total. The van der Waals surface area contributed by atoms with Gasteiger partial charge in [0.05, 0.1) is 26.3 Å². The molecule has 1 saturated heterocycles. The number of nitrogens with zero attached hydrogens (tertiary/aromatic N) is 2. The topological polar surface area (TPSA) is 58.1 Å². The van der Waals surface area contributed by atoms with E-state index in [4.69, 9.17) is 9.47 Å². The summed E-state index contributed by atoms with van der Waals surface area (Å²) >= 11 is 0. The zero-order chi connectivity index (χ0) is 22.0. The summed E-state index contributed by atoms with van der Waals surface area (Å²) in [6.07, 6.45) is -2.65. The van der Waals surface area contributed by atoms with Gasteiger partial charge in [-0.05, 0) is 45.5 Å². The molecule has 2 rings (SSSR count). The summed E-state index contributed by atoms with van der Waals surface area (Å²) < 4.78 is 48.7. The van der Waals surface area contributed by atoms with Gasteiger partial charge in [-0.15, -0.1) is 24.0 Å². The lowest BCUT2D eigenvalue weighted by atomic mass is 10.1. The van der Waals surface area contributed by atoms with Crippen molar-refractivity contribution >= 4 is 29.9 Å². The molecule has 0 aromatic heterocycles. The first-order valence-electron chi connectivity index (χ1n) is 10.4. The van der Waals surface area contributed by atoms with Crippen LogP contribution < -0.4 is 15.4 Å². The standard InChI is InChI=1S/C21H33F3N4O2.HI/c1-4-25-20(26-9-5-10-28(3)15-21(22,23)24)27-13-17-7-6-16(2)12-19(17)30-18-8-11-29-14-18;/h6-7,12,18H,4-5,8-11,13-15H2,1-3H3,(H2,25,26,27);1H. The first kappa shape index (κ1) is 27.8. The smallest absolute Gasteiger partial charge is 0.401 e. The third-order valence-electron chi connectivity index (χ3n) is 4.61. The van der Waals surface area contributed by atoms with Crippen LogP contribution in [0.4, 0.5) is 13.2 Å². The highest BCUT2D eigenvalue weighted by atomic mass is 127. The minimum absolute atomic E-state index is 0. The van der Waals surface area contributed by atoms with Crippen LogP contribution in [0.25, 0.3) is 0 Å². The summed E-state index contributed by atoms with van der Waals surface area (Å²) in [5.74, 6) is 1.45. The Morgan fingerprint density at radius 3 is 2.74 bits per heavy atom. The molecule has 1 aromatic carbocycles. The van der Waals surface area contributed by atoms with Gasteiger partial charge in [-0.2, -0.15) is 13.2 Å². The second kappa shape index (κ2) is 14.0. The van der Waals surface area contributed by atoms with E-state index < -0.39 is 12.7 Å². The number of rotatable bonds is 10. The van der Waals surface area contributed by atoms with Gasteiger partial charge in [0.25, 0.3) is 0 Å². The van der Waals surface area contributed by atoms with Crippen LogP contribution in [0.1, 0.15) is 30.9 Å².